The number of aryl methyl sites for hydroxylation is 1. The van der Waals surface area contributed by atoms with E-state index < -0.39 is 10.0 Å². The highest BCUT2D eigenvalue weighted by molar-refractivity contribution is 7.90. The lowest BCUT2D eigenvalue weighted by Gasteiger charge is -2.12. The standard InChI is InChI=1S/C24H16N2O2S3/c1-16-8-10-17(11-9-16)31(27,28)26-20-6-3-2-5-18(20)23(19-12-14-30-22(19)15-25)24(26)21-7-4-13-29-21/h2-14H,1H3. The van der Waals surface area contributed by atoms with Crippen molar-refractivity contribution in [3.63, 3.8) is 0 Å². The fraction of sp³-hybridized carbons (Fsp3) is 0.0417. The predicted octanol–water partition coefficient (Wildman–Crippen LogP) is 6.52. The van der Waals surface area contributed by atoms with Gasteiger partial charge in [0.2, 0.25) is 0 Å². The maximum atomic E-state index is 13.9. The van der Waals surface area contributed by atoms with Crippen LogP contribution >= 0.6 is 22.7 Å². The number of thiophene rings is 2. The van der Waals surface area contributed by atoms with E-state index in [1.807, 2.05) is 60.1 Å². The third-order valence-corrected chi connectivity index (χ3v) is 8.61. The summed E-state index contributed by atoms with van der Waals surface area (Å²) in [6.07, 6.45) is 0. The van der Waals surface area contributed by atoms with Crippen molar-refractivity contribution in [3.05, 3.63) is 87.9 Å². The molecule has 3 heterocycles. The Labute approximate surface area is 188 Å². The van der Waals surface area contributed by atoms with Crippen LogP contribution in [-0.2, 0) is 10.0 Å². The molecular weight excluding hydrogens is 444 g/mol. The molecule has 152 valence electrons. The molecule has 0 saturated carbocycles. The highest BCUT2D eigenvalue weighted by atomic mass is 32.2. The second-order valence-electron chi connectivity index (χ2n) is 7.08. The molecule has 4 nitrogen and oxygen atoms in total. The van der Waals surface area contributed by atoms with Crippen molar-refractivity contribution in [1.29, 1.82) is 5.26 Å². The Balaban J connectivity index is 1.96. The van der Waals surface area contributed by atoms with E-state index in [1.165, 1.54) is 26.6 Å². The molecule has 7 heteroatoms. The molecule has 0 aliphatic rings. The van der Waals surface area contributed by atoms with Gasteiger partial charge in [-0.2, -0.15) is 5.26 Å². The van der Waals surface area contributed by atoms with E-state index in [9.17, 15) is 13.7 Å². The summed E-state index contributed by atoms with van der Waals surface area (Å²) in [5, 5.41) is 14.3. The van der Waals surface area contributed by atoms with Crippen molar-refractivity contribution in [3.8, 4) is 27.8 Å². The van der Waals surface area contributed by atoms with Crippen LogP contribution in [0.3, 0.4) is 0 Å². The van der Waals surface area contributed by atoms with Gasteiger partial charge in [0.15, 0.2) is 0 Å². The van der Waals surface area contributed by atoms with Crippen LogP contribution in [0.15, 0.2) is 82.4 Å². The van der Waals surface area contributed by atoms with Gasteiger partial charge in [0.05, 0.1) is 21.0 Å². The van der Waals surface area contributed by atoms with Crippen LogP contribution in [0.25, 0.3) is 32.6 Å². The van der Waals surface area contributed by atoms with Gasteiger partial charge >= 0.3 is 0 Å². The van der Waals surface area contributed by atoms with E-state index in [4.69, 9.17) is 0 Å². The number of hydrogen-bond acceptors (Lipinski definition) is 5. The Morgan fingerprint density at radius 1 is 0.903 bits per heavy atom. The van der Waals surface area contributed by atoms with Crippen LogP contribution in [0.2, 0.25) is 0 Å². The summed E-state index contributed by atoms with van der Waals surface area (Å²) < 4.78 is 29.3. The molecule has 0 atom stereocenters. The van der Waals surface area contributed by atoms with Crippen LogP contribution in [0.1, 0.15) is 10.4 Å². The van der Waals surface area contributed by atoms with Gasteiger partial charge in [-0.05, 0) is 48.0 Å². The Hall–Kier alpha value is -3.18. The zero-order valence-corrected chi connectivity index (χ0v) is 18.9. The number of nitrogens with zero attached hydrogens (tertiary/aromatic N) is 2. The predicted molar refractivity (Wildman–Crippen MR) is 127 cm³/mol. The molecule has 0 unspecified atom stereocenters. The molecule has 5 rings (SSSR count). The first-order valence-electron chi connectivity index (χ1n) is 9.50. The number of para-hydroxylation sites is 1. The molecular formula is C24H16N2O2S3. The molecule has 31 heavy (non-hydrogen) atoms. The minimum atomic E-state index is -3.89. The maximum Gasteiger partial charge on any atom is 0.268 e. The Morgan fingerprint density at radius 2 is 1.68 bits per heavy atom. The van der Waals surface area contributed by atoms with Gasteiger partial charge in [-0.25, -0.2) is 12.4 Å². The quantitative estimate of drug-likeness (QED) is 0.307. The highest BCUT2D eigenvalue weighted by Crippen LogP contribution is 2.45. The molecule has 0 fully saturated rings. The normalized spacial score (nSPS) is 11.6. The molecule has 0 aliphatic heterocycles. The van der Waals surface area contributed by atoms with E-state index >= 15 is 0 Å². The fourth-order valence-corrected chi connectivity index (χ4v) is 6.83. The van der Waals surface area contributed by atoms with Gasteiger partial charge in [0.25, 0.3) is 10.0 Å². The van der Waals surface area contributed by atoms with E-state index in [1.54, 1.807) is 24.3 Å². The van der Waals surface area contributed by atoms with Gasteiger partial charge in [-0.3, -0.25) is 0 Å². The Kier molecular flexibility index (Phi) is 4.78. The minimum Gasteiger partial charge on any atom is -0.232 e. The highest BCUT2D eigenvalue weighted by Gasteiger charge is 2.30. The molecule has 0 bridgehead atoms. The topological polar surface area (TPSA) is 62.9 Å². The number of benzene rings is 2. The summed E-state index contributed by atoms with van der Waals surface area (Å²) in [5.74, 6) is 0. The molecule has 3 aromatic heterocycles. The molecule has 2 aromatic carbocycles. The van der Waals surface area contributed by atoms with Crippen molar-refractivity contribution >= 4 is 43.6 Å². The van der Waals surface area contributed by atoms with Crippen LogP contribution in [0, 0.1) is 18.3 Å². The zero-order valence-electron chi connectivity index (χ0n) is 16.4. The van der Waals surface area contributed by atoms with Gasteiger partial charge < -0.3 is 0 Å². The summed E-state index contributed by atoms with van der Waals surface area (Å²) in [4.78, 5) is 1.62. The second-order valence-corrected chi connectivity index (χ2v) is 10.7. The minimum absolute atomic E-state index is 0.231. The summed E-state index contributed by atoms with van der Waals surface area (Å²) in [7, 11) is -3.89. The van der Waals surface area contributed by atoms with Gasteiger partial charge in [-0.1, -0.05) is 42.0 Å². The monoisotopic (exact) mass is 460 g/mol. The van der Waals surface area contributed by atoms with Crippen molar-refractivity contribution in [1.82, 2.24) is 3.97 Å². The lowest BCUT2D eigenvalue weighted by molar-refractivity contribution is 0.589. The molecule has 0 aliphatic carbocycles. The van der Waals surface area contributed by atoms with Gasteiger partial charge in [0.1, 0.15) is 10.9 Å². The third kappa shape index (κ3) is 3.12. The smallest absolute Gasteiger partial charge is 0.232 e. The van der Waals surface area contributed by atoms with Crippen LogP contribution in [0.4, 0.5) is 0 Å². The zero-order chi connectivity index (χ0) is 21.6. The molecule has 0 spiro atoms. The van der Waals surface area contributed by atoms with Crippen molar-refractivity contribution < 1.29 is 8.42 Å². The number of aromatic nitrogens is 1. The SMILES string of the molecule is Cc1ccc(S(=O)(=O)n2c(-c3cccs3)c(-c3ccsc3C#N)c3ccccc32)cc1. The van der Waals surface area contributed by atoms with E-state index in [2.05, 4.69) is 6.07 Å². The molecule has 0 N–H and O–H groups in total. The molecule has 0 radical (unpaired) electrons. The average molecular weight is 461 g/mol. The van der Waals surface area contributed by atoms with Crippen LogP contribution < -0.4 is 0 Å². The summed E-state index contributed by atoms with van der Waals surface area (Å²) in [5.41, 5.74) is 3.70. The average Bonchev–Trinajstić information content (AvgIpc) is 3.51. The first-order valence-corrected chi connectivity index (χ1v) is 12.7. The number of nitriles is 1. The Morgan fingerprint density at radius 3 is 2.39 bits per heavy atom. The second kappa shape index (κ2) is 7.50. The van der Waals surface area contributed by atoms with E-state index in [0.29, 0.717) is 16.1 Å². The molecule has 0 saturated heterocycles. The fourth-order valence-electron chi connectivity index (χ4n) is 3.78. The number of hydrogen-bond donors (Lipinski definition) is 0. The summed E-state index contributed by atoms with van der Waals surface area (Å²) >= 11 is 2.84. The maximum absolute atomic E-state index is 13.9. The van der Waals surface area contributed by atoms with Gasteiger partial charge in [0, 0.05) is 16.5 Å². The number of rotatable bonds is 4. The van der Waals surface area contributed by atoms with Crippen molar-refractivity contribution in [2.24, 2.45) is 0 Å². The first-order chi connectivity index (χ1) is 15.0. The number of fused-ring (bicyclic) bond motifs is 1. The van der Waals surface area contributed by atoms with Gasteiger partial charge in [-0.15, -0.1) is 22.7 Å². The molecule has 0 amide bonds. The van der Waals surface area contributed by atoms with Crippen LogP contribution in [0.5, 0.6) is 0 Å². The lowest BCUT2D eigenvalue weighted by atomic mass is 10.0. The summed E-state index contributed by atoms with van der Waals surface area (Å²) in [6.45, 7) is 1.93. The Bertz CT molecular complexity index is 1550. The van der Waals surface area contributed by atoms with E-state index in [0.717, 1.165) is 27.0 Å². The largest absolute Gasteiger partial charge is 0.268 e. The lowest BCUT2D eigenvalue weighted by Crippen LogP contribution is -2.14. The van der Waals surface area contributed by atoms with Crippen molar-refractivity contribution in [2.45, 2.75) is 11.8 Å². The third-order valence-electron chi connectivity index (χ3n) is 5.18. The van der Waals surface area contributed by atoms with Crippen molar-refractivity contribution in [2.75, 3.05) is 0 Å². The first kappa shape index (κ1) is 19.8. The van der Waals surface area contributed by atoms with Crippen LogP contribution in [-0.4, -0.2) is 12.4 Å². The van der Waals surface area contributed by atoms with E-state index in [-0.39, 0.29) is 4.90 Å². The summed E-state index contributed by atoms with van der Waals surface area (Å²) in [6, 6.07) is 22.3. The molecule has 5 aromatic rings.